The van der Waals surface area contributed by atoms with Gasteiger partial charge in [0.15, 0.2) is 6.23 Å². The number of aliphatic hydroxyl groups is 3. The molecule has 0 saturated carbocycles. The molecule has 0 aliphatic carbocycles. The van der Waals surface area contributed by atoms with Crippen molar-refractivity contribution < 1.29 is 20.1 Å². The second-order valence-electron chi connectivity index (χ2n) is 5.63. The van der Waals surface area contributed by atoms with Crippen LogP contribution < -0.4 is 5.56 Å². The standard InChI is InChI=1S/C14H17N3O5S/c1-5-6(2)12(21)15-11-7(5)3-17(14(23)16-11)13-10(20)9(19)8(4-18)22-13/h3,8-10,13,18-20H,4H2,1-2H3,(H,15,16,21,23)/t8-,9?,10+,13-/m1/s1. The number of nitrogens with one attached hydrogen (secondary N) is 1. The number of rotatable bonds is 2. The minimum absolute atomic E-state index is 0.0891. The van der Waals surface area contributed by atoms with Gasteiger partial charge in [0, 0.05) is 17.1 Å². The number of hydrogen-bond acceptors (Lipinski definition) is 7. The molecule has 2 aromatic heterocycles. The summed E-state index contributed by atoms with van der Waals surface area (Å²) in [4.78, 5) is 18.7. The third-order valence-corrected chi connectivity index (χ3v) is 4.58. The summed E-state index contributed by atoms with van der Waals surface area (Å²) in [5.74, 6) is 0. The number of aliphatic hydroxyl groups excluding tert-OH is 3. The quantitative estimate of drug-likeness (QED) is 0.554. The molecule has 2 aromatic rings. The molecule has 0 bridgehead atoms. The topological polar surface area (TPSA) is 121 Å². The second kappa shape index (κ2) is 5.77. The van der Waals surface area contributed by atoms with Crippen LogP contribution in [-0.2, 0) is 4.74 Å². The average Bonchev–Trinajstić information content (AvgIpc) is 2.80. The number of aromatic amines is 1. The lowest BCUT2D eigenvalue weighted by Crippen LogP contribution is -2.33. The average molecular weight is 339 g/mol. The molecule has 1 unspecified atom stereocenters. The third-order valence-electron chi connectivity index (χ3n) is 4.28. The fourth-order valence-electron chi connectivity index (χ4n) is 2.70. The zero-order valence-electron chi connectivity index (χ0n) is 12.6. The van der Waals surface area contributed by atoms with Crippen LogP contribution in [0.3, 0.4) is 0 Å². The molecule has 23 heavy (non-hydrogen) atoms. The van der Waals surface area contributed by atoms with E-state index in [0.29, 0.717) is 16.6 Å². The number of nitrogens with zero attached hydrogens (tertiary/aromatic N) is 2. The van der Waals surface area contributed by atoms with E-state index in [9.17, 15) is 20.1 Å². The van der Waals surface area contributed by atoms with Gasteiger partial charge in [0.1, 0.15) is 24.0 Å². The maximum atomic E-state index is 11.8. The number of aromatic nitrogens is 3. The summed E-state index contributed by atoms with van der Waals surface area (Å²) in [6.45, 7) is 3.07. The molecule has 1 saturated heterocycles. The van der Waals surface area contributed by atoms with Gasteiger partial charge in [0.2, 0.25) is 4.77 Å². The van der Waals surface area contributed by atoms with Gasteiger partial charge in [-0.3, -0.25) is 9.36 Å². The Morgan fingerprint density at radius 1 is 1.35 bits per heavy atom. The number of hydrogen-bond donors (Lipinski definition) is 4. The van der Waals surface area contributed by atoms with E-state index in [1.165, 1.54) is 4.57 Å². The number of aryl methyl sites for hydroxylation is 1. The Labute approximate surface area is 136 Å². The summed E-state index contributed by atoms with van der Waals surface area (Å²) in [5.41, 5.74) is 1.42. The molecule has 3 heterocycles. The molecule has 0 spiro atoms. The van der Waals surface area contributed by atoms with E-state index >= 15 is 0 Å². The van der Waals surface area contributed by atoms with Crippen molar-refractivity contribution in [3.05, 3.63) is 32.4 Å². The molecule has 4 atom stereocenters. The number of H-pyrrole nitrogens is 1. The number of ether oxygens (including phenoxy) is 1. The van der Waals surface area contributed by atoms with Crippen LogP contribution in [0.25, 0.3) is 11.0 Å². The summed E-state index contributed by atoms with van der Waals surface area (Å²) < 4.78 is 6.99. The highest BCUT2D eigenvalue weighted by Gasteiger charge is 2.43. The van der Waals surface area contributed by atoms with Crippen LogP contribution in [0.15, 0.2) is 11.0 Å². The fraction of sp³-hybridized carbons (Fsp3) is 0.500. The first kappa shape index (κ1) is 16.2. The van der Waals surface area contributed by atoms with E-state index in [4.69, 9.17) is 17.0 Å². The van der Waals surface area contributed by atoms with E-state index < -0.39 is 31.1 Å². The van der Waals surface area contributed by atoms with Gasteiger partial charge in [0.05, 0.1) is 6.61 Å². The first-order valence-electron chi connectivity index (χ1n) is 7.10. The zero-order chi connectivity index (χ0) is 16.9. The number of pyridine rings is 1. The molecule has 8 nitrogen and oxygen atoms in total. The molecule has 124 valence electrons. The number of fused-ring (bicyclic) bond motifs is 1. The van der Waals surface area contributed by atoms with Crippen molar-refractivity contribution in [1.29, 1.82) is 0 Å². The first-order chi connectivity index (χ1) is 10.8. The Morgan fingerprint density at radius 3 is 2.65 bits per heavy atom. The Hall–Kier alpha value is -1.65. The second-order valence-corrected chi connectivity index (χ2v) is 5.99. The summed E-state index contributed by atoms with van der Waals surface area (Å²) in [5, 5.41) is 29.9. The maximum absolute atomic E-state index is 11.8. The van der Waals surface area contributed by atoms with Crippen LogP contribution in [0.1, 0.15) is 17.4 Å². The van der Waals surface area contributed by atoms with Gasteiger partial charge in [-0.05, 0) is 31.6 Å². The molecule has 1 fully saturated rings. The molecular formula is C14H17N3O5S. The first-order valence-corrected chi connectivity index (χ1v) is 7.50. The van der Waals surface area contributed by atoms with Crippen molar-refractivity contribution in [2.45, 2.75) is 38.4 Å². The zero-order valence-corrected chi connectivity index (χ0v) is 13.4. The molecule has 4 N–H and O–H groups in total. The van der Waals surface area contributed by atoms with Crippen LogP contribution in [-0.4, -0.2) is 54.8 Å². The van der Waals surface area contributed by atoms with Crippen LogP contribution in [0.2, 0.25) is 0 Å². The van der Waals surface area contributed by atoms with Crippen molar-refractivity contribution in [3.8, 4) is 0 Å². The van der Waals surface area contributed by atoms with Gasteiger partial charge < -0.3 is 25.0 Å². The lowest BCUT2D eigenvalue weighted by Gasteiger charge is -2.19. The van der Waals surface area contributed by atoms with Gasteiger partial charge in [-0.25, -0.2) is 4.98 Å². The molecule has 1 aliphatic rings. The van der Waals surface area contributed by atoms with Gasteiger partial charge in [-0.1, -0.05) is 0 Å². The van der Waals surface area contributed by atoms with Crippen LogP contribution in [0, 0.1) is 18.6 Å². The van der Waals surface area contributed by atoms with Crippen LogP contribution in [0.5, 0.6) is 0 Å². The smallest absolute Gasteiger partial charge is 0.252 e. The molecule has 0 amide bonds. The summed E-state index contributed by atoms with van der Waals surface area (Å²) >= 11 is 5.20. The van der Waals surface area contributed by atoms with Crippen molar-refractivity contribution in [3.63, 3.8) is 0 Å². The minimum Gasteiger partial charge on any atom is -0.394 e. The SMILES string of the molecule is Cc1c(C)c2cn([C@@H]3O[C@H](CO)C(O)[C@@H]3O)c(=S)nc2[nH]c1=O. The summed E-state index contributed by atoms with van der Waals surface area (Å²) in [6, 6.07) is 0. The van der Waals surface area contributed by atoms with E-state index in [1.807, 2.05) is 0 Å². The van der Waals surface area contributed by atoms with Gasteiger partial charge in [0.25, 0.3) is 5.56 Å². The molecular weight excluding hydrogens is 322 g/mol. The Morgan fingerprint density at radius 2 is 2.04 bits per heavy atom. The normalized spacial score (nSPS) is 27.7. The lowest BCUT2D eigenvalue weighted by atomic mass is 10.1. The lowest BCUT2D eigenvalue weighted by molar-refractivity contribution is -0.0538. The van der Waals surface area contributed by atoms with Crippen molar-refractivity contribution in [2.75, 3.05) is 6.61 Å². The Kier molecular flexibility index (Phi) is 4.07. The highest BCUT2D eigenvalue weighted by Crippen LogP contribution is 2.30. The molecule has 0 radical (unpaired) electrons. The van der Waals surface area contributed by atoms with E-state index in [1.54, 1.807) is 20.0 Å². The maximum Gasteiger partial charge on any atom is 0.252 e. The van der Waals surface area contributed by atoms with Crippen LogP contribution in [0.4, 0.5) is 0 Å². The van der Waals surface area contributed by atoms with E-state index in [2.05, 4.69) is 9.97 Å². The van der Waals surface area contributed by atoms with Gasteiger partial charge in [-0.2, -0.15) is 0 Å². The molecule has 9 heteroatoms. The molecule has 3 rings (SSSR count). The predicted octanol–water partition coefficient (Wildman–Crippen LogP) is -0.318. The van der Waals surface area contributed by atoms with Crippen LogP contribution >= 0.6 is 12.2 Å². The predicted molar refractivity (Wildman–Crippen MR) is 83.7 cm³/mol. The van der Waals surface area contributed by atoms with Crippen molar-refractivity contribution in [1.82, 2.24) is 14.5 Å². The van der Waals surface area contributed by atoms with Crippen molar-refractivity contribution >= 4 is 23.3 Å². The fourth-order valence-corrected chi connectivity index (χ4v) is 2.95. The Balaban J connectivity index is 2.18. The van der Waals surface area contributed by atoms with Gasteiger partial charge >= 0.3 is 0 Å². The largest absolute Gasteiger partial charge is 0.394 e. The van der Waals surface area contributed by atoms with E-state index in [-0.39, 0.29) is 10.3 Å². The molecule has 0 aromatic carbocycles. The highest BCUT2D eigenvalue weighted by molar-refractivity contribution is 7.71. The minimum atomic E-state index is -1.25. The summed E-state index contributed by atoms with van der Waals surface area (Å²) in [6.07, 6.45) is -2.70. The van der Waals surface area contributed by atoms with Crippen molar-refractivity contribution in [2.24, 2.45) is 0 Å². The monoisotopic (exact) mass is 339 g/mol. The molecule has 1 aliphatic heterocycles. The Bertz CT molecular complexity index is 877. The summed E-state index contributed by atoms with van der Waals surface area (Å²) in [7, 11) is 0. The van der Waals surface area contributed by atoms with Gasteiger partial charge in [-0.15, -0.1) is 0 Å². The third kappa shape index (κ3) is 2.50. The van der Waals surface area contributed by atoms with E-state index in [0.717, 1.165) is 5.56 Å². The highest BCUT2D eigenvalue weighted by atomic mass is 32.1.